The molecular formula is C11H14N4O4. The van der Waals surface area contributed by atoms with Crippen LogP contribution in [0.4, 0.5) is 4.79 Å². The van der Waals surface area contributed by atoms with Gasteiger partial charge >= 0.3 is 6.03 Å². The lowest BCUT2D eigenvalue weighted by molar-refractivity contribution is -0.134. The highest BCUT2D eigenvalue weighted by Crippen LogP contribution is 2.26. The minimum atomic E-state index is -0.991. The van der Waals surface area contributed by atoms with Gasteiger partial charge in [-0.05, 0) is 12.8 Å². The van der Waals surface area contributed by atoms with Crippen molar-refractivity contribution in [3.05, 3.63) is 0 Å². The lowest BCUT2D eigenvalue weighted by Gasteiger charge is -2.23. The summed E-state index contributed by atoms with van der Waals surface area (Å²) in [5.74, 6) is -0.695. The van der Waals surface area contributed by atoms with Crippen LogP contribution in [0.2, 0.25) is 0 Å². The van der Waals surface area contributed by atoms with Crippen molar-refractivity contribution in [1.82, 2.24) is 20.9 Å². The number of nitrogens with one attached hydrogen (secondary N) is 3. The summed E-state index contributed by atoms with van der Waals surface area (Å²) in [6.45, 7) is 0.564. The van der Waals surface area contributed by atoms with Gasteiger partial charge in [0.1, 0.15) is 11.6 Å². The Bertz CT molecular complexity index is 491. The van der Waals surface area contributed by atoms with E-state index in [1.165, 1.54) is 4.90 Å². The quantitative estimate of drug-likeness (QED) is 0.481. The minimum absolute atomic E-state index is 0.126. The topological polar surface area (TPSA) is 108 Å². The van der Waals surface area contributed by atoms with E-state index in [-0.39, 0.29) is 24.3 Å². The van der Waals surface area contributed by atoms with E-state index >= 15 is 0 Å². The van der Waals surface area contributed by atoms with Gasteiger partial charge < -0.3 is 15.5 Å². The molecule has 0 bridgehead atoms. The number of carbonyl (C=O) groups is 4. The number of rotatable bonds is 1. The van der Waals surface area contributed by atoms with Crippen LogP contribution in [-0.2, 0) is 14.4 Å². The zero-order valence-electron chi connectivity index (χ0n) is 10.2. The number of hydrogen-bond acceptors (Lipinski definition) is 4. The van der Waals surface area contributed by atoms with Crippen molar-refractivity contribution >= 4 is 23.8 Å². The molecular weight excluding hydrogens is 252 g/mol. The number of likely N-dealkylation sites (tertiary alicyclic amines) is 1. The smallest absolute Gasteiger partial charge is 0.322 e. The van der Waals surface area contributed by atoms with Gasteiger partial charge in [0, 0.05) is 13.0 Å². The Labute approximate surface area is 108 Å². The minimum Gasteiger partial charge on any atom is -0.344 e. The molecule has 2 atom stereocenters. The Balaban J connectivity index is 1.69. The fraction of sp³-hybridized carbons (Fsp3) is 0.636. The van der Waals surface area contributed by atoms with E-state index in [1.807, 2.05) is 0 Å². The Morgan fingerprint density at radius 2 is 2.11 bits per heavy atom. The zero-order valence-corrected chi connectivity index (χ0v) is 10.2. The van der Waals surface area contributed by atoms with Crippen LogP contribution in [0.15, 0.2) is 0 Å². The van der Waals surface area contributed by atoms with Crippen molar-refractivity contribution in [2.45, 2.75) is 30.8 Å². The number of urea groups is 1. The van der Waals surface area contributed by atoms with Crippen molar-refractivity contribution in [3.63, 3.8) is 0 Å². The second-order valence-electron chi connectivity index (χ2n) is 5.16. The fourth-order valence-corrected chi connectivity index (χ4v) is 2.83. The largest absolute Gasteiger partial charge is 0.344 e. The number of amides is 5. The third kappa shape index (κ3) is 1.83. The van der Waals surface area contributed by atoms with Gasteiger partial charge in [-0.1, -0.05) is 0 Å². The van der Waals surface area contributed by atoms with E-state index in [1.54, 1.807) is 0 Å². The predicted octanol–water partition coefficient (Wildman–Crippen LogP) is -1.92. The standard InChI is InChI=1S/C11H14N4O4/c16-7-2-1-6(12-7)8(17)15-4-3-11(5-15)9(18)13-10(19)14-11/h6H,1-5H2,(H,12,16)(H2,13,14,18,19). The van der Waals surface area contributed by atoms with E-state index in [9.17, 15) is 19.2 Å². The number of carbonyl (C=O) groups excluding carboxylic acids is 4. The predicted molar refractivity (Wildman–Crippen MR) is 61.8 cm³/mol. The molecule has 8 heteroatoms. The van der Waals surface area contributed by atoms with E-state index < -0.39 is 17.6 Å². The highest BCUT2D eigenvalue weighted by molar-refractivity contribution is 6.07. The molecule has 0 aliphatic carbocycles. The maximum absolute atomic E-state index is 12.2. The summed E-state index contributed by atoms with van der Waals surface area (Å²) in [6.07, 6.45) is 1.24. The van der Waals surface area contributed by atoms with Crippen molar-refractivity contribution in [2.24, 2.45) is 0 Å². The molecule has 3 aliphatic heterocycles. The third-order valence-electron chi connectivity index (χ3n) is 3.89. The highest BCUT2D eigenvalue weighted by Gasteiger charge is 2.52. The van der Waals surface area contributed by atoms with Crippen LogP contribution < -0.4 is 16.0 Å². The number of nitrogens with zero attached hydrogens (tertiary/aromatic N) is 1. The lowest BCUT2D eigenvalue weighted by atomic mass is 9.99. The summed E-state index contributed by atoms with van der Waals surface area (Å²) in [4.78, 5) is 47.8. The molecule has 2 unspecified atom stereocenters. The third-order valence-corrected chi connectivity index (χ3v) is 3.89. The molecule has 5 amide bonds. The molecule has 3 saturated heterocycles. The second kappa shape index (κ2) is 3.94. The first-order chi connectivity index (χ1) is 9.00. The van der Waals surface area contributed by atoms with E-state index in [0.717, 1.165) is 0 Å². The monoisotopic (exact) mass is 266 g/mol. The van der Waals surface area contributed by atoms with Gasteiger partial charge in [0.2, 0.25) is 11.8 Å². The van der Waals surface area contributed by atoms with E-state index in [4.69, 9.17) is 0 Å². The van der Waals surface area contributed by atoms with Gasteiger partial charge in [-0.2, -0.15) is 0 Å². The summed E-state index contributed by atoms with van der Waals surface area (Å²) in [5.41, 5.74) is -0.991. The summed E-state index contributed by atoms with van der Waals surface area (Å²) in [5, 5.41) is 7.38. The van der Waals surface area contributed by atoms with Gasteiger partial charge in [0.25, 0.3) is 5.91 Å². The molecule has 3 heterocycles. The van der Waals surface area contributed by atoms with Crippen molar-refractivity contribution in [1.29, 1.82) is 0 Å². The average Bonchev–Trinajstić information content (AvgIpc) is 3.01. The zero-order chi connectivity index (χ0) is 13.6. The Morgan fingerprint density at radius 1 is 1.32 bits per heavy atom. The summed E-state index contributed by atoms with van der Waals surface area (Å²) < 4.78 is 0. The molecule has 3 fully saturated rings. The summed E-state index contributed by atoms with van der Waals surface area (Å²) >= 11 is 0. The molecule has 3 N–H and O–H groups in total. The van der Waals surface area contributed by atoms with Gasteiger partial charge in [0.05, 0.1) is 6.54 Å². The molecule has 0 radical (unpaired) electrons. The van der Waals surface area contributed by atoms with Gasteiger partial charge in [-0.15, -0.1) is 0 Å². The Morgan fingerprint density at radius 3 is 2.68 bits per heavy atom. The molecule has 0 aromatic rings. The van der Waals surface area contributed by atoms with Crippen molar-refractivity contribution in [2.75, 3.05) is 13.1 Å². The van der Waals surface area contributed by atoms with E-state index in [2.05, 4.69) is 16.0 Å². The van der Waals surface area contributed by atoms with Crippen molar-refractivity contribution < 1.29 is 19.2 Å². The highest BCUT2D eigenvalue weighted by atomic mass is 16.2. The average molecular weight is 266 g/mol. The normalized spacial score (nSPS) is 33.6. The van der Waals surface area contributed by atoms with Crippen molar-refractivity contribution in [3.8, 4) is 0 Å². The van der Waals surface area contributed by atoms with Crippen LogP contribution in [0.5, 0.6) is 0 Å². The summed E-state index contributed by atoms with van der Waals surface area (Å²) in [7, 11) is 0. The molecule has 3 rings (SSSR count). The first-order valence-corrected chi connectivity index (χ1v) is 6.22. The molecule has 1 spiro atoms. The fourth-order valence-electron chi connectivity index (χ4n) is 2.83. The van der Waals surface area contributed by atoms with E-state index in [0.29, 0.717) is 25.8 Å². The van der Waals surface area contributed by atoms with Crippen LogP contribution >= 0.6 is 0 Å². The first kappa shape index (κ1) is 11.9. The molecule has 0 saturated carbocycles. The molecule has 102 valence electrons. The second-order valence-corrected chi connectivity index (χ2v) is 5.16. The first-order valence-electron chi connectivity index (χ1n) is 6.22. The lowest BCUT2D eigenvalue weighted by Crippen LogP contribution is -2.51. The van der Waals surface area contributed by atoms with Crippen LogP contribution in [0.25, 0.3) is 0 Å². The van der Waals surface area contributed by atoms with Crippen LogP contribution in [-0.4, -0.2) is 53.3 Å². The molecule has 3 aliphatic rings. The summed E-state index contributed by atoms with van der Waals surface area (Å²) in [6, 6.07) is -1.02. The molecule has 8 nitrogen and oxygen atoms in total. The van der Waals surface area contributed by atoms with Crippen LogP contribution in [0.3, 0.4) is 0 Å². The molecule has 19 heavy (non-hydrogen) atoms. The molecule has 0 aromatic carbocycles. The molecule has 0 aromatic heterocycles. The van der Waals surface area contributed by atoms with Crippen LogP contribution in [0.1, 0.15) is 19.3 Å². The maximum atomic E-state index is 12.2. The Hall–Kier alpha value is -2.12. The SMILES string of the molecule is O=C1CCC(C(=O)N2CCC3(C2)NC(=O)NC3=O)N1. The van der Waals surface area contributed by atoms with Gasteiger partial charge in [-0.25, -0.2) is 4.79 Å². The maximum Gasteiger partial charge on any atom is 0.322 e. The van der Waals surface area contributed by atoms with Gasteiger partial charge in [0.15, 0.2) is 0 Å². The Kier molecular flexibility index (Phi) is 2.48. The van der Waals surface area contributed by atoms with Gasteiger partial charge in [-0.3, -0.25) is 19.7 Å². The number of hydrogen-bond donors (Lipinski definition) is 3. The number of imide groups is 1. The van der Waals surface area contributed by atoms with Crippen LogP contribution in [0, 0.1) is 0 Å².